The number of benzene rings is 1. The number of hydrogen-bond acceptors (Lipinski definition) is 4. The Balaban J connectivity index is 1.33. The fourth-order valence-corrected chi connectivity index (χ4v) is 4.20. The molecule has 0 radical (unpaired) electrons. The number of aryl methyl sites for hydroxylation is 1. The average Bonchev–Trinajstić information content (AvgIpc) is 2.70. The van der Waals surface area contributed by atoms with Gasteiger partial charge in [0.1, 0.15) is 6.54 Å². The number of aromatic nitrogens is 2. The van der Waals surface area contributed by atoms with Gasteiger partial charge in [-0.3, -0.25) is 14.5 Å². The lowest BCUT2D eigenvalue weighted by molar-refractivity contribution is -0.133. The van der Waals surface area contributed by atoms with Gasteiger partial charge in [-0.05, 0) is 43.4 Å². The summed E-state index contributed by atoms with van der Waals surface area (Å²) >= 11 is 0. The molecule has 1 amide bonds. The Labute approximate surface area is 159 Å². The van der Waals surface area contributed by atoms with Crippen molar-refractivity contribution >= 4 is 5.91 Å². The van der Waals surface area contributed by atoms with Crippen LogP contribution in [0.5, 0.6) is 0 Å². The van der Waals surface area contributed by atoms with E-state index in [2.05, 4.69) is 34.3 Å². The van der Waals surface area contributed by atoms with Crippen LogP contribution in [0.4, 0.5) is 0 Å². The van der Waals surface area contributed by atoms with E-state index in [9.17, 15) is 9.59 Å². The highest BCUT2D eigenvalue weighted by atomic mass is 16.2. The quantitative estimate of drug-likeness (QED) is 0.828. The standard InChI is InChI=1S/C21H26N4O2/c1-16-6-7-20(26)25(22-16)15-21(27)23-12-9-19(10-13-23)24-11-8-17-4-2-3-5-18(17)14-24/h2-7,19H,8-15H2,1H3. The lowest BCUT2D eigenvalue weighted by atomic mass is 9.95. The van der Waals surface area contributed by atoms with Gasteiger partial charge in [-0.15, -0.1) is 0 Å². The van der Waals surface area contributed by atoms with E-state index >= 15 is 0 Å². The molecule has 27 heavy (non-hydrogen) atoms. The van der Waals surface area contributed by atoms with Crippen LogP contribution in [-0.2, 0) is 24.3 Å². The molecule has 2 aliphatic heterocycles. The van der Waals surface area contributed by atoms with Crippen LogP contribution in [0, 0.1) is 6.92 Å². The third-order valence-corrected chi connectivity index (χ3v) is 5.78. The Kier molecular flexibility index (Phi) is 5.07. The van der Waals surface area contributed by atoms with Crippen LogP contribution >= 0.6 is 0 Å². The summed E-state index contributed by atoms with van der Waals surface area (Å²) in [6.45, 7) is 5.46. The monoisotopic (exact) mass is 366 g/mol. The van der Waals surface area contributed by atoms with Gasteiger partial charge in [0.2, 0.25) is 5.91 Å². The number of carbonyl (C=O) groups is 1. The predicted molar refractivity (Wildman–Crippen MR) is 103 cm³/mol. The molecule has 0 atom stereocenters. The maximum absolute atomic E-state index is 12.6. The zero-order valence-corrected chi connectivity index (χ0v) is 15.8. The second kappa shape index (κ2) is 7.64. The summed E-state index contributed by atoms with van der Waals surface area (Å²) in [7, 11) is 0. The molecule has 0 aliphatic carbocycles. The van der Waals surface area contributed by atoms with Crippen molar-refractivity contribution in [3.63, 3.8) is 0 Å². The van der Waals surface area contributed by atoms with E-state index in [4.69, 9.17) is 0 Å². The number of fused-ring (bicyclic) bond motifs is 1. The molecule has 2 aliphatic rings. The van der Waals surface area contributed by atoms with Crippen LogP contribution in [-0.4, -0.2) is 51.2 Å². The molecule has 142 valence electrons. The van der Waals surface area contributed by atoms with E-state index < -0.39 is 0 Å². The van der Waals surface area contributed by atoms with Crippen molar-refractivity contribution in [1.82, 2.24) is 19.6 Å². The Bertz CT molecular complexity index is 884. The van der Waals surface area contributed by atoms with Crippen LogP contribution in [0.25, 0.3) is 0 Å². The Morgan fingerprint density at radius 3 is 2.59 bits per heavy atom. The van der Waals surface area contributed by atoms with Gasteiger partial charge in [-0.1, -0.05) is 24.3 Å². The van der Waals surface area contributed by atoms with Crippen molar-refractivity contribution in [3.8, 4) is 0 Å². The van der Waals surface area contributed by atoms with Crippen molar-refractivity contribution < 1.29 is 4.79 Å². The normalized spacial score (nSPS) is 18.3. The van der Waals surface area contributed by atoms with Crippen molar-refractivity contribution in [2.45, 2.75) is 45.3 Å². The van der Waals surface area contributed by atoms with Gasteiger partial charge in [0.15, 0.2) is 0 Å². The van der Waals surface area contributed by atoms with Crippen LogP contribution in [0.2, 0.25) is 0 Å². The van der Waals surface area contributed by atoms with Gasteiger partial charge in [0.25, 0.3) is 5.56 Å². The van der Waals surface area contributed by atoms with E-state index in [0.29, 0.717) is 6.04 Å². The summed E-state index contributed by atoms with van der Waals surface area (Å²) in [6.07, 6.45) is 3.09. The van der Waals surface area contributed by atoms with E-state index in [0.717, 1.165) is 51.1 Å². The number of amides is 1. The first-order valence-corrected chi connectivity index (χ1v) is 9.73. The lowest BCUT2D eigenvalue weighted by Gasteiger charge is -2.40. The third kappa shape index (κ3) is 3.95. The molecule has 1 saturated heterocycles. The summed E-state index contributed by atoms with van der Waals surface area (Å²) in [6, 6.07) is 12.4. The van der Waals surface area contributed by atoms with Crippen LogP contribution in [0.1, 0.15) is 29.7 Å². The molecule has 1 aromatic heterocycles. The number of hydrogen-bond donors (Lipinski definition) is 0. The van der Waals surface area contributed by atoms with Crippen molar-refractivity contribution in [1.29, 1.82) is 0 Å². The zero-order chi connectivity index (χ0) is 18.8. The first kappa shape index (κ1) is 17.9. The van der Waals surface area contributed by atoms with Gasteiger partial charge in [0.05, 0.1) is 5.69 Å². The van der Waals surface area contributed by atoms with Crippen LogP contribution < -0.4 is 5.56 Å². The van der Waals surface area contributed by atoms with E-state index in [1.54, 1.807) is 6.07 Å². The lowest BCUT2D eigenvalue weighted by Crippen LogP contribution is -2.49. The molecule has 0 bridgehead atoms. The Morgan fingerprint density at radius 1 is 1.07 bits per heavy atom. The molecule has 6 heteroatoms. The first-order chi connectivity index (χ1) is 13.1. The third-order valence-electron chi connectivity index (χ3n) is 5.78. The maximum atomic E-state index is 12.6. The topological polar surface area (TPSA) is 58.4 Å². The molecule has 0 N–H and O–H groups in total. The molecule has 3 heterocycles. The highest BCUT2D eigenvalue weighted by Gasteiger charge is 2.29. The molecule has 2 aromatic rings. The van der Waals surface area contributed by atoms with Crippen LogP contribution in [0.3, 0.4) is 0 Å². The average molecular weight is 366 g/mol. The molecule has 0 spiro atoms. The van der Waals surface area contributed by atoms with Crippen molar-refractivity contribution in [3.05, 3.63) is 63.6 Å². The Morgan fingerprint density at radius 2 is 1.81 bits per heavy atom. The fourth-order valence-electron chi connectivity index (χ4n) is 4.20. The van der Waals surface area contributed by atoms with Crippen molar-refractivity contribution in [2.75, 3.05) is 19.6 Å². The van der Waals surface area contributed by atoms with Crippen molar-refractivity contribution in [2.24, 2.45) is 0 Å². The SMILES string of the molecule is Cc1ccc(=O)n(CC(=O)N2CCC(N3CCc4ccccc4C3)CC2)n1. The fraction of sp³-hybridized carbons (Fsp3) is 0.476. The molecule has 0 unspecified atom stereocenters. The number of carbonyl (C=O) groups excluding carboxylic acids is 1. The minimum absolute atomic E-state index is 0.0161. The largest absolute Gasteiger partial charge is 0.341 e. The van der Waals surface area contributed by atoms with E-state index in [-0.39, 0.29) is 18.0 Å². The smallest absolute Gasteiger partial charge is 0.267 e. The zero-order valence-electron chi connectivity index (χ0n) is 15.8. The predicted octanol–water partition coefficient (Wildman–Crippen LogP) is 1.60. The minimum Gasteiger partial charge on any atom is -0.341 e. The maximum Gasteiger partial charge on any atom is 0.267 e. The van der Waals surface area contributed by atoms with Gasteiger partial charge in [-0.25, -0.2) is 4.68 Å². The molecule has 0 saturated carbocycles. The second-order valence-electron chi connectivity index (χ2n) is 7.57. The summed E-state index contributed by atoms with van der Waals surface area (Å²) < 4.78 is 1.27. The summed E-state index contributed by atoms with van der Waals surface area (Å²) in [4.78, 5) is 28.9. The van der Waals surface area contributed by atoms with Gasteiger partial charge < -0.3 is 4.90 Å². The Hall–Kier alpha value is -2.47. The molecule has 1 aromatic carbocycles. The molecule has 4 rings (SSSR count). The molecular weight excluding hydrogens is 340 g/mol. The highest BCUT2D eigenvalue weighted by molar-refractivity contribution is 5.76. The molecule has 6 nitrogen and oxygen atoms in total. The summed E-state index contributed by atoms with van der Waals surface area (Å²) in [5.74, 6) is -0.0161. The number of nitrogens with zero attached hydrogens (tertiary/aromatic N) is 4. The van der Waals surface area contributed by atoms with Crippen LogP contribution in [0.15, 0.2) is 41.2 Å². The van der Waals surface area contributed by atoms with Gasteiger partial charge >= 0.3 is 0 Å². The molecule has 1 fully saturated rings. The second-order valence-corrected chi connectivity index (χ2v) is 7.57. The van der Waals surface area contributed by atoms with E-state index in [1.165, 1.54) is 21.9 Å². The minimum atomic E-state index is -0.226. The first-order valence-electron chi connectivity index (χ1n) is 9.73. The van der Waals surface area contributed by atoms with Gasteiger partial charge in [0, 0.05) is 38.3 Å². The summed E-state index contributed by atoms with van der Waals surface area (Å²) in [5, 5.41) is 4.17. The van der Waals surface area contributed by atoms with E-state index in [1.807, 2.05) is 11.8 Å². The molecular formula is C21H26N4O2. The highest BCUT2D eigenvalue weighted by Crippen LogP contribution is 2.24. The number of piperidine rings is 1. The number of likely N-dealkylation sites (tertiary alicyclic amines) is 1. The number of rotatable bonds is 3. The summed E-state index contributed by atoms with van der Waals surface area (Å²) in [5.41, 5.74) is 3.42. The van der Waals surface area contributed by atoms with Gasteiger partial charge in [-0.2, -0.15) is 5.10 Å².